The first-order valence-electron chi connectivity index (χ1n) is 15.5. The second-order valence-electron chi connectivity index (χ2n) is 12.5. The van der Waals surface area contributed by atoms with Gasteiger partial charge in [0.25, 0.3) is 5.91 Å². The van der Waals surface area contributed by atoms with Gasteiger partial charge in [0.15, 0.2) is 5.82 Å². The molecule has 0 bridgehead atoms. The van der Waals surface area contributed by atoms with Crippen molar-refractivity contribution in [3.8, 4) is 5.75 Å². The molecule has 0 aliphatic carbocycles. The molecule has 2 fully saturated rings. The van der Waals surface area contributed by atoms with E-state index in [1.807, 2.05) is 52.0 Å². The minimum atomic E-state index is -0.403. The van der Waals surface area contributed by atoms with Gasteiger partial charge in [-0.3, -0.25) is 9.69 Å². The molecule has 3 heterocycles. The smallest absolute Gasteiger partial charge is 0.253 e. The number of piperazine rings is 1. The zero-order valence-corrected chi connectivity index (χ0v) is 27.2. The number of piperidine rings is 1. The topological polar surface area (TPSA) is 97.9 Å². The van der Waals surface area contributed by atoms with E-state index >= 15 is 0 Å². The Balaban J connectivity index is 1.32. The van der Waals surface area contributed by atoms with Crippen LogP contribution in [0.15, 0.2) is 48.7 Å². The van der Waals surface area contributed by atoms with Gasteiger partial charge < -0.3 is 30.5 Å². The second-order valence-corrected chi connectivity index (χ2v) is 12.9. The summed E-state index contributed by atoms with van der Waals surface area (Å²) in [7, 11) is 2.21. The fourth-order valence-electron chi connectivity index (χ4n) is 5.71. The van der Waals surface area contributed by atoms with Crippen LogP contribution in [0, 0.1) is 0 Å². The molecule has 3 N–H and O–H groups in total. The number of hydrogen-bond acceptors (Lipinski definition) is 9. The first-order chi connectivity index (χ1) is 21.1. The van der Waals surface area contributed by atoms with Crippen molar-refractivity contribution in [2.24, 2.45) is 0 Å². The van der Waals surface area contributed by atoms with Crippen LogP contribution >= 0.6 is 11.6 Å². The molecule has 0 radical (unpaired) electrons. The summed E-state index contributed by atoms with van der Waals surface area (Å²) in [5.41, 5.74) is 2.60. The Kier molecular flexibility index (Phi) is 10.1. The summed E-state index contributed by atoms with van der Waals surface area (Å²) in [5, 5.41) is 9.72. The van der Waals surface area contributed by atoms with Crippen LogP contribution in [0.1, 0.15) is 50.9 Å². The summed E-state index contributed by atoms with van der Waals surface area (Å²) < 4.78 is 6.43. The van der Waals surface area contributed by atoms with Crippen LogP contribution in [0.5, 0.6) is 5.75 Å². The van der Waals surface area contributed by atoms with Crippen molar-refractivity contribution in [2.45, 2.75) is 52.2 Å². The third kappa shape index (κ3) is 8.11. The molecule has 1 amide bonds. The van der Waals surface area contributed by atoms with E-state index < -0.39 is 5.60 Å². The van der Waals surface area contributed by atoms with Crippen LogP contribution in [-0.4, -0.2) is 90.2 Å². The van der Waals surface area contributed by atoms with Gasteiger partial charge in [0.2, 0.25) is 5.95 Å². The number of carbonyl (C=O) groups is 1. The molecule has 0 saturated carbocycles. The lowest BCUT2D eigenvalue weighted by molar-refractivity contribution is 0.0956. The highest BCUT2D eigenvalue weighted by Crippen LogP contribution is 2.36. The van der Waals surface area contributed by atoms with Crippen LogP contribution in [0.3, 0.4) is 0 Å². The second kappa shape index (κ2) is 14.0. The summed E-state index contributed by atoms with van der Waals surface area (Å²) in [6, 6.07) is 14.2. The lowest BCUT2D eigenvalue weighted by Gasteiger charge is -2.42. The molecule has 44 heavy (non-hydrogen) atoms. The van der Waals surface area contributed by atoms with Crippen molar-refractivity contribution in [3.05, 3.63) is 59.2 Å². The SMILES string of the molecule is CCNC(=O)c1ccccc1Nc1nc(Nc2ccc(N3CCC(N4CCN(C)CC4)CC3)cc2OC(C)(C)C)ncc1Cl. The zero-order chi connectivity index (χ0) is 31.3. The molecule has 2 saturated heterocycles. The largest absolute Gasteiger partial charge is 0.486 e. The van der Waals surface area contributed by atoms with E-state index in [1.165, 1.54) is 6.20 Å². The third-order valence-corrected chi connectivity index (χ3v) is 8.29. The molecule has 5 rings (SSSR count). The summed E-state index contributed by atoms with van der Waals surface area (Å²) in [6.07, 6.45) is 3.87. The van der Waals surface area contributed by atoms with E-state index in [0.29, 0.717) is 40.6 Å². The van der Waals surface area contributed by atoms with Gasteiger partial charge in [0.05, 0.1) is 23.1 Å². The number of amides is 1. The average molecular weight is 621 g/mol. The number of benzene rings is 2. The van der Waals surface area contributed by atoms with Crippen molar-refractivity contribution in [1.29, 1.82) is 0 Å². The zero-order valence-electron chi connectivity index (χ0n) is 26.5. The molecule has 236 valence electrons. The van der Waals surface area contributed by atoms with Crippen LogP contribution in [0.4, 0.5) is 28.8 Å². The monoisotopic (exact) mass is 620 g/mol. The van der Waals surface area contributed by atoms with Gasteiger partial charge in [-0.25, -0.2) is 4.98 Å². The Bertz CT molecular complexity index is 1430. The van der Waals surface area contributed by atoms with Gasteiger partial charge in [-0.2, -0.15) is 4.98 Å². The summed E-state index contributed by atoms with van der Waals surface area (Å²) in [6.45, 7) is 15.2. The fourth-order valence-corrected chi connectivity index (χ4v) is 5.85. The summed E-state index contributed by atoms with van der Waals surface area (Å²) >= 11 is 6.48. The number of ether oxygens (including phenoxy) is 1. The molecule has 2 aliphatic heterocycles. The van der Waals surface area contributed by atoms with E-state index in [0.717, 1.165) is 69.2 Å². The molecule has 2 aromatic carbocycles. The Labute approximate surface area is 266 Å². The number of likely N-dealkylation sites (N-methyl/N-ethyl adjacent to an activating group) is 1. The van der Waals surface area contributed by atoms with Gasteiger partial charge in [0.1, 0.15) is 16.4 Å². The number of carbonyl (C=O) groups excluding carboxylic acids is 1. The molecule has 0 spiro atoms. The fraction of sp³-hybridized carbons (Fsp3) is 0.485. The normalized spacial score (nSPS) is 16.9. The lowest BCUT2D eigenvalue weighted by atomic mass is 10.0. The van der Waals surface area contributed by atoms with Gasteiger partial charge >= 0.3 is 0 Å². The minimum absolute atomic E-state index is 0.174. The van der Waals surface area contributed by atoms with Crippen molar-refractivity contribution < 1.29 is 9.53 Å². The molecule has 3 aromatic rings. The highest BCUT2D eigenvalue weighted by atomic mass is 35.5. The quantitative estimate of drug-likeness (QED) is 0.276. The minimum Gasteiger partial charge on any atom is -0.486 e. The number of aromatic nitrogens is 2. The predicted molar refractivity (Wildman–Crippen MR) is 179 cm³/mol. The lowest BCUT2D eigenvalue weighted by Crippen LogP contribution is -2.52. The molecule has 11 heteroatoms. The first-order valence-corrected chi connectivity index (χ1v) is 15.9. The Morgan fingerprint density at radius 1 is 1.00 bits per heavy atom. The molecule has 2 aliphatic rings. The van der Waals surface area contributed by atoms with E-state index in [9.17, 15) is 4.79 Å². The molecular weight excluding hydrogens is 576 g/mol. The Morgan fingerprint density at radius 2 is 1.73 bits per heavy atom. The van der Waals surface area contributed by atoms with Gasteiger partial charge in [-0.05, 0) is 71.8 Å². The van der Waals surface area contributed by atoms with Crippen molar-refractivity contribution in [3.63, 3.8) is 0 Å². The van der Waals surface area contributed by atoms with Gasteiger partial charge in [0, 0.05) is 63.6 Å². The Morgan fingerprint density at radius 3 is 2.43 bits per heavy atom. The van der Waals surface area contributed by atoms with Crippen LogP contribution < -0.4 is 25.6 Å². The molecule has 0 unspecified atom stereocenters. The van der Waals surface area contributed by atoms with E-state index in [2.05, 4.69) is 59.8 Å². The van der Waals surface area contributed by atoms with Crippen molar-refractivity contribution >= 4 is 46.3 Å². The summed E-state index contributed by atoms with van der Waals surface area (Å²) in [5.74, 6) is 1.29. The van der Waals surface area contributed by atoms with E-state index in [4.69, 9.17) is 16.3 Å². The maximum atomic E-state index is 12.6. The van der Waals surface area contributed by atoms with Crippen LogP contribution in [0.2, 0.25) is 5.02 Å². The van der Waals surface area contributed by atoms with Crippen molar-refractivity contribution in [1.82, 2.24) is 25.1 Å². The predicted octanol–water partition coefficient (Wildman–Crippen LogP) is 5.76. The highest BCUT2D eigenvalue weighted by molar-refractivity contribution is 6.33. The van der Waals surface area contributed by atoms with Crippen molar-refractivity contribution in [2.75, 3.05) is 68.4 Å². The Hall–Kier alpha value is -3.60. The number of halogens is 1. The molecule has 0 atom stereocenters. The number of nitrogens with one attached hydrogen (secondary N) is 3. The number of nitrogens with zero attached hydrogens (tertiary/aromatic N) is 5. The van der Waals surface area contributed by atoms with Crippen LogP contribution in [-0.2, 0) is 0 Å². The van der Waals surface area contributed by atoms with Gasteiger partial charge in [-0.15, -0.1) is 0 Å². The average Bonchev–Trinajstić information content (AvgIpc) is 3.00. The maximum Gasteiger partial charge on any atom is 0.253 e. The van der Waals surface area contributed by atoms with E-state index in [-0.39, 0.29) is 5.91 Å². The molecule has 1 aromatic heterocycles. The number of hydrogen-bond donors (Lipinski definition) is 3. The molecule has 10 nitrogen and oxygen atoms in total. The number of rotatable bonds is 9. The third-order valence-electron chi connectivity index (χ3n) is 8.02. The first kappa shape index (κ1) is 31.8. The standard InChI is InChI=1S/C33H45ClN8O2/c1-6-35-31(43)25-9-7-8-10-27(25)37-30-26(34)22-36-32(39-30)38-28-12-11-24(21-29(28)44-33(2,3)4)41-15-13-23(14-16-41)42-19-17-40(5)18-20-42/h7-12,21-23H,6,13-20H2,1-5H3,(H,35,43)(H2,36,37,38,39). The number of para-hydroxylation sites is 1. The van der Waals surface area contributed by atoms with E-state index in [1.54, 1.807) is 6.07 Å². The number of anilines is 5. The molecular formula is C33H45ClN8O2. The summed E-state index contributed by atoms with van der Waals surface area (Å²) in [4.78, 5) is 29.2. The van der Waals surface area contributed by atoms with Gasteiger partial charge in [-0.1, -0.05) is 23.7 Å². The van der Waals surface area contributed by atoms with Crippen LogP contribution in [0.25, 0.3) is 0 Å². The highest BCUT2D eigenvalue weighted by Gasteiger charge is 2.27. The maximum absolute atomic E-state index is 12.6.